The number of hydrogen-bond donors (Lipinski definition) is 0. The van der Waals surface area contributed by atoms with Gasteiger partial charge in [0.25, 0.3) is 0 Å². The van der Waals surface area contributed by atoms with Crippen LogP contribution in [0.1, 0.15) is 20.8 Å². The van der Waals surface area contributed by atoms with Crippen molar-refractivity contribution < 1.29 is 13.9 Å². The number of carbonyl (C=O) groups is 1. The van der Waals surface area contributed by atoms with E-state index >= 15 is 0 Å². The lowest BCUT2D eigenvalue weighted by Crippen LogP contribution is -2.01. The highest BCUT2D eigenvalue weighted by Crippen LogP contribution is 2.34. The van der Waals surface area contributed by atoms with Crippen LogP contribution in [-0.4, -0.2) is 12.4 Å². The van der Waals surface area contributed by atoms with Crippen molar-refractivity contribution in [2.75, 3.05) is 6.61 Å². The molecule has 0 aliphatic carbocycles. The molecule has 2 nitrogen and oxygen atoms in total. The van der Waals surface area contributed by atoms with Gasteiger partial charge in [0, 0.05) is 11.1 Å². The molecule has 0 bridgehead atoms. The van der Waals surface area contributed by atoms with Crippen LogP contribution >= 0.6 is 11.3 Å². The summed E-state index contributed by atoms with van der Waals surface area (Å²) in [6.45, 7) is 0.622. The number of ketones is 1. The topological polar surface area (TPSA) is 26.3 Å². The van der Waals surface area contributed by atoms with Gasteiger partial charge in [0.05, 0.1) is 17.0 Å². The summed E-state index contributed by atoms with van der Waals surface area (Å²) < 4.78 is 19.6. The van der Waals surface area contributed by atoms with Crippen LogP contribution in [0.4, 0.5) is 4.39 Å². The predicted molar refractivity (Wildman–Crippen MR) is 80.9 cm³/mol. The van der Waals surface area contributed by atoms with Crippen LogP contribution in [0.3, 0.4) is 0 Å². The molecule has 1 aliphatic heterocycles. The fourth-order valence-electron chi connectivity index (χ4n) is 2.64. The van der Waals surface area contributed by atoms with Gasteiger partial charge in [-0.15, -0.1) is 11.3 Å². The highest BCUT2D eigenvalue weighted by Gasteiger charge is 2.22. The van der Waals surface area contributed by atoms with Gasteiger partial charge in [0.2, 0.25) is 5.78 Å². The van der Waals surface area contributed by atoms with E-state index < -0.39 is 0 Å². The average Bonchev–Trinajstić information content (AvgIpc) is 3.11. The maximum atomic E-state index is 13.3. The minimum atomic E-state index is -0.285. The van der Waals surface area contributed by atoms with Crippen molar-refractivity contribution in [3.8, 4) is 5.75 Å². The van der Waals surface area contributed by atoms with Crippen molar-refractivity contribution in [2.45, 2.75) is 6.42 Å². The van der Waals surface area contributed by atoms with Crippen LogP contribution < -0.4 is 4.74 Å². The molecule has 2 aromatic carbocycles. The van der Waals surface area contributed by atoms with E-state index in [1.165, 1.54) is 23.5 Å². The summed E-state index contributed by atoms with van der Waals surface area (Å²) in [5.74, 6) is 0.355. The second kappa shape index (κ2) is 4.67. The standard InChI is InChI=1S/C17H11FO2S/c18-12-5-4-11-8-15(21-14(11)9-12)16(19)13-3-1-2-10-6-7-20-17(10)13/h1-5,8-9H,6-7H2. The number of halogens is 1. The van der Waals surface area contributed by atoms with Crippen LogP contribution in [0, 0.1) is 5.82 Å². The third kappa shape index (κ3) is 2.03. The van der Waals surface area contributed by atoms with E-state index in [4.69, 9.17) is 4.74 Å². The fourth-order valence-corrected chi connectivity index (χ4v) is 3.69. The molecular weight excluding hydrogens is 287 g/mol. The monoisotopic (exact) mass is 298 g/mol. The molecule has 0 fully saturated rings. The van der Waals surface area contributed by atoms with Gasteiger partial charge in [0.15, 0.2) is 0 Å². The van der Waals surface area contributed by atoms with E-state index in [1.807, 2.05) is 18.2 Å². The Morgan fingerprint density at radius 2 is 2.10 bits per heavy atom. The second-order valence-corrected chi connectivity index (χ2v) is 6.10. The number of thiophene rings is 1. The largest absolute Gasteiger partial charge is 0.492 e. The Kier molecular flexibility index (Phi) is 2.79. The van der Waals surface area contributed by atoms with Gasteiger partial charge >= 0.3 is 0 Å². The van der Waals surface area contributed by atoms with Crippen molar-refractivity contribution in [3.63, 3.8) is 0 Å². The first kappa shape index (κ1) is 12.5. The van der Waals surface area contributed by atoms with Gasteiger partial charge < -0.3 is 4.74 Å². The molecule has 104 valence electrons. The molecule has 4 heteroatoms. The Bertz CT molecular complexity index is 866. The molecular formula is C17H11FO2S. The lowest BCUT2D eigenvalue weighted by atomic mass is 10.0. The maximum Gasteiger partial charge on any atom is 0.206 e. The van der Waals surface area contributed by atoms with Gasteiger partial charge in [-0.25, -0.2) is 4.39 Å². The smallest absolute Gasteiger partial charge is 0.206 e. The third-order valence-corrected chi connectivity index (χ3v) is 4.76. The highest BCUT2D eigenvalue weighted by molar-refractivity contribution is 7.21. The summed E-state index contributed by atoms with van der Waals surface area (Å²) in [5.41, 5.74) is 1.67. The summed E-state index contributed by atoms with van der Waals surface area (Å²) in [5, 5.41) is 0.887. The van der Waals surface area contributed by atoms with E-state index in [-0.39, 0.29) is 11.6 Å². The van der Waals surface area contributed by atoms with E-state index in [2.05, 4.69) is 0 Å². The zero-order valence-corrected chi connectivity index (χ0v) is 11.9. The minimum Gasteiger partial charge on any atom is -0.492 e. The number of benzene rings is 2. The highest BCUT2D eigenvalue weighted by atomic mass is 32.1. The van der Waals surface area contributed by atoms with Crippen molar-refractivity contribution in [2.24, 2.45) is 0 Å². The van der Waals surface area contributed by atoms with Crippen LogP contribution in [0.2, 0.25) is 0 Å². The SMILES string of the molecule is O=C(c1cc2ccc(F)cc2s1)c1cccc2c1OCC2. The molecule has 0 saturated carbocycles. The molecule has 21 heavy (non-hydrogen) atoms. The van der Waals surface area contributed by atoms with Crippen LogP contribution in [-0.2, 0) is 6.42 Å². The molecule has 0 atom stereocenters. The van der Waals surface area contributed by atoms with E-state index in [9.17, 15) is 9.18 Å². The van der Waals surface area contributed by atoms with Crippen molar-refractivity contribution in [3.05, 3.63) is 64.3 Å². The molecule has 1 aromatic heterocycles. The number of para-hydroxylation sites is 1. The minimum absolute atomic E-state index is 0.0599. The Morgan fingerprint density at radius 1 is 1.19 bits per heavy atom. The summed E-state index contributed by atoms with van der Waals surface area (Å²) in [6, 6.07) is 12.0. The predicted octanol–water partition coefficient (Wildman–Crippen LogP) is 4.21. The zero-order valence-electron chi connectivity index (χ0n) is 11.1. The van der Waals surface area contributed by atoms with Gasteiger partial charge in [0.1, 0.15) is 11.6 Å². The van der Waals surface area contributed by atoms with Crippen molar-refractivity contribution in [1.82, 2.24) is 0 Å². The van der Waals surface area contributed by atoms with Crippen molar-refractivity contribution in [1.29, 1.82) is 0 Å². The Hall–Kier alpha value is -2.20. The fraction of sp³-hybridized carbons (Fsp3) is 0.118. The summed E-state index contributed by atoms with van der Waals surface area (Å²) in [7, 11) is 0. The van der Waals surface area contributed by atoms with Crippen molar-refractivity contribution >= 4 is 27.2 Å². The normalized spacial score (nSPS) is 13.2. The molecule has 0 N–H and O–H groups in total. The Balaban J connectivity index is 1.82. The molecule has 3 aromatic rings. The number of ether oxygens (including phenoxy) is 1. The van der Waals surface area contributed by atoms with E-state index in [0.29, 0.717) is 22.8 Å². The molecule has 4 rings (SSSR count). The quantitative estimate of drug-likeness (QED) is 0.663. The molecule has 0 spiro atoms. The number of carbonyl (C=O) groups excluding carboxylic acids is 1. The summed E-state index contributed by atoms with van der Waals surface area (Å²) >= 11 is 1.31. The lowest BCUT2D eigenvalue weighted by Gasteiger charge is -2.05. The summed E-state index contributed by atoms with van der Waals surface area (Å²) in [4.78, 5) is 13.3. The average molecular weight is 298 g/mol. The molecule has 1 aliphatic rings. The first-order valence-electron chi connectivity index (χ1n) is 6.71. The van der Waals surface area contributed by atoms with Gasteiger partial charge in [-0.2, -0.15) is 0 Å². The maximum absolute atomic E-state index is 13.3. The summed E-state index contributed by atoms with van der Waals surface area (Å²) in [6.07, 6.45) is 0.841. The van der Waals surface area contributed by atoms with Gasteiger partial charge in [-0.05, 0) is 35.2 Å². The zero-order chi connectivity index (χ0) is 14.4. The third-order valence-electron chi connectivity index (χ3n) is 3.66. The van der Waals surface area contributed by atoms with Gasteiger partial charge in [-0.1, -0.05) is 18.2 Å². The molecule has 0 radical (unpaired) electrons. The lowest BCUT2D eigenvalue weighted by molar-refractivity contribution is 0.103. The first-order valence-corrected chi connectivity index (χ1v) is 7.52. The molecule has 0 saturated heterocycles. The van der Waals surface area contributed by atoms with Crippen LogP contribution in [0.15, 0.2) is 42.5 Å². The molecule has 0 amide bonds. The van der Waals surface area contributed by atoms with Gasteiger partial charge in [-0.3, -0.25) is 4.79 Å². The molecule has 0 unspecified atom stereocenters. The Labute approximate surface area is 124 Å². The second-order valence-electron chi connectivity index (χ2n) is 5.01. The first-order chi connectivity index (χ1) is 10.2. The number of rotatable bonds is 2. The number of hydrogen-bond acceptors (Lipinski definition) is 3. The van der Waals surface area contributed by atoms with Crippen LogP contribution in [0.5, 0.6) is 5.75 Å². The number of fused-ring (bicyclic) bond motifs is 2. The Morgan fingerprint density at radius 3 is 3.00 bits per heavy atom. The van der Waals surface area contributed by atoms with Crippen LogP contribution in [0.25, 0.3) is 10.1 Å². The van der Waals surface area contributed by atoms with E-state index in [1.54, 1.807) is 12.1 Å². The molecule has 2 heterocycles. The van der Waals surface area contributed by atoms with E-state index in [0.717, 1.165) is 22.1 Å².